The molecule has 0 radical (unpaired) electrons. The predicted molar refractivity (Wildman–Crippen MR) is 153 cm³/mol. The second-order valence-electron chi connectivity index (χ2n) is 8.64. The third-order valence-corrected chi connectivity index (χ3v) is 6.47. The summed E-state index contributed by atoms with van der Waals surface area (Å²) < 4.78 is 27.9. The summed E-state index contributed by atoms with van der Waals surface area (Å²) in [4.78, 5) is 26.3. The summed E-state index contributed by atoms with van der Waals surface area (Å²) in [6, 6.07) is 16.0. The molecule has 0 atom stereocenters. The molecule has 2 amide bonds. The molecule has 5 rings (SSSR count). The number of aromatic nitrogens is 4. The van der Waals surface area contributed by atoms with E-state index in [9.17, 15) is 13.2 Å². The highest BCUT2D eigenvalue weighted by Crippen LogP contribution is 2.25. The van der Waals surface area contributed by atoms with Crippen LogP contribution in [-0.4, -0.2) is 44.6 Å². The lowest BCUT2D eigenvalue weighted by atomic mass is 10.1. The molecule has 0 spiro atoms. The molecule has 0 aliphatic carbocycles. The summed E-state index contributed by atoms with van der Waals surface area (Å²) in [5.74, 6) is 0. The van der Waals surface area contributed by atoms with Gasteiger partial charge in [0.2, 0.25) is 0 Å². The maximum absolute atomic E-state index is 12.2. The average Bonchev–Trinajstić information content (AvgIpc) is 3.54. The van der Waals surface area contributed by atoms with Crippen molar-refractivity contribution in [1.29, 1.82) is 0 Å². The van der Waals surface area contributed by atoms with E-state index in [2.05, 4.69) is 49.0 Å². The molecular formula is C27H28N6O4S2. The fraction of sp³-hybridized carbons (Fsp3) is 0.185. The van der Waals surface area contributed by atoms with Gasteiger partial charge in [0.05, 0.1) is 18.1 Å². The number of urea groups is 1. The van der Waals surface area contributed by atoms with Crippen molar-refractivity contribution in [2.45, 2.75) is 26.3 Å². The van der Waals surface area contributed by atoms with Crippen LogP contribution in [0.25, 0.3) is 28.0 Å². The minimum Gasteiger partial charge on any atom is -0.334 e. The number of benzene rings is 1. The fourth-order valence-electron chi connectivity index (χ4n) is 3.76. The molecule has 0 saturated carbocycles. The van der Waals surface area contributed by atoms with Gasteiger partial charge >= 0.3 is 6.03 Å². The van der Waals surface area contributed by atoms with Crippen LogP contribution >= 0.6 is 11.3 Å². The van der Waals surface area contributed by atoms with Crippen LogP contribution in [0.4, 0.5) is 9.93 Å². The topological polar surface area (TPSA) is 139 Å². The van der Waals surface area contributed by atoms with Crippen LogP contribution in [0.5, 0.6) is 0 Å². The van der Waals surface area contributed by atoms with E-state index in [1.165, 1.54) is 16.2 Å². The maximum atomic E-state index is 12.2. The molecule has 202 valence electrons. The van der Waals surface area contributed by atoms with Crippen molar-refractivity contribution in [3.8, 4) is 22.4 Å². The SMILES string of the molecule is CCCc1cnc(NC(=O)NCc2ccc(-c3cnc4cc(-c5ccncc5)ccn34)cc2)s1.CS(=O)(=O)O. The summed E-state index contributed by atoms with van der Waals surface area (Å²) >= 11 is 1.51. The van der Waals surface area contributed by atoms with Crippen molar-refractivity contribution in [3.63, 3.8) is 0 Å². The summed E-state index contributed by atoms with van der Waals surface area (Å²) in [5, 5.41) is 6.31. The van der Waals surface area contributed by atoms with Gasteiger partial charge in [-0.15, -0.1) is 11.3 Å². The largest absolute Gasteiger partial charge is 0.334 e. The Kier molecular flexibility index (Phi) is 9.02. The van der Waals surface area contributed by atoms with Crippen LogP contribution < -0.4 is 10.6 Å². The number of amides is 2. The summed E-state index contributed by atoms with van der Waals surface area (Å²) in [5.41, 5.74) is 6.18. The Balaban J connectivity index is 0.000000648. The van der Waals surface area contributed by atoms with E-state index in [0.717, 1.165) is 46.4 Å². The Morgan fingerprint density at radius 1 is 1.00 bits per heavy atom. The Bertz CT molecular complexity index is 1640. The van der Waals surface area contributed by atoms with Gasteiger partial charge in [0.15, 0.2) is 5.13 Å². The van der Waals surface area contributed by atoms with Gasteiger partial charge in [-0.3, -0.25) is 19.3 Å². The molecule has 39 heavy (non-hydrogen) atoms. The van der Waals surface area contributed by atoms with Gasteiger partial charge in [-0.25, -0.2) is 14.8 Å². The number of aryl methyl sites for hydroxylation is 1. The first-order valence-electron chi connectivity index (χ1n) is 12.1. The summed E-state index contributed by atoms with van der Waals surface area (Å²) in [7, 11) is -3.67. The van der Waals surface area contributed by atoms with Gasteiger partial charge in [-0.05, 0) is 47.4 Å². The highest BCUT2D eigenvalue weighted by molar-refractivity contribution is 7.85. The molecule has 5 aromatic rings. The van der Waals surface area contributed by atoms with Crippen LogP contribution in [0.3, 0.4) is 0 Å². The Morgan fingerprint density at radius 3 is 2.41 bits per heavy atom. The van der Waals surface area contributed by atoms with E-state index >= 15 is 0 Å². The van der Waals surface area contributed by atoms with Gasteiger partial charge in [-0.1, -0.05) is 37.6 Å². The highest BCUT2D eigenvalue weighted by Gasteiger charge is 2.09. The lowest BCUT2D eigenvalue weighted by Crippen LogP contribution is -2.28. The highest BCUT2D eigenvalue weighted by atomic mass is 32.2. The number of pyridine rings is 2. The summed E-state index contributed by atoms with van der Waals surface area (Å²) in [6.45, 7) is 2.56. The monoisotopic (exact) mass is 564 g/mol. The van der Waals surface area contributed by atoms with E-state index in [-0.39, 0.29) is 6.03 Å². The number of hydrogen-bond donors (Lipinski definition) is 3. The van der Waals surface area contributed by atoms with Gasteiger partial charge in [0, 0.05) is 41.8 Å². The molecule has 12 heteroatoms. The van der Waals surface area contributed by atoms with Crippen molar-refractivity contribution in [2.75, 3.05) is 11.6 Å². The van der Waals surface area contributed by atoms with Crippen LogP contribution in [0, 0.1) is 0 Å². The molecule has 3 N–H and O–H groups in total. The number of imidazole rings is 1. The third kappa shape index (κ3) is 8.18. The van der Waals surface area contributed by atoms with Crippen molar-refractivity contribution >= 4 is 38.3 Å². The van der Waals surface area contributed by atoms with E-state index in [1.54, 1.807) is 12.4 Å². The van der Waals surface area contributed by atoms with E-state index in [4.69, 9.17) is 4.55 Å². The normalized spacial score (nSPS) is 11.1. The smallest absolute Gasteiger partial charge is 0.321 e. The number of rotatable bonds is 7. The Morgan fingerprint density at radius 2 is 1.72 bits per heavy atom. The summed E-state index contributed by atoms with van der Waals surface area (Å²) in [6.07, 6.45) is 12.1. The first-order chi connectivity index (χ1) is 18.7. The minimum atomic E-state index is -3.67. The zero-order valence-corrected chi connectivity index (χ0v) is 23.0. The standard InChI is InChI=1S/C26H24N6OS.CH4O3S/c1-2-3-22-16-30-26(34-22)31-25(33)29-15-18-4-6-20(7-5-18)23-17-28-24-14-21(10-13-32(23)24)19-8-11-27-12-9-19;1-5(2,3)4/h4-14,16-17H,2-3,15H2,1H3,(H2,29,30,31,33);1H3,(H,2,3,4). The van der Waals surface area contributed by atoms with Gasteiger partial charge in [0.25, 0.3) is 10.1 Å². The molecule has 0 fully saturated rings. The van der Waals surface area contributed by atoms with Crippen molar-refractivity contribution in [2.24, 2.45) is 0 Å². The van der Waals surface area contributed by atoms with E-state index < -0.39 is 10.1 Å². The van der Waals surface area contributed by atoms with Crippen LogP contribution in [0.2, 0.25) is 0 Å². The second kappa shape index (κ2) is 12.6. The molecule has 0 unspecified atom stereocenters. The zero-order valence-electron chi connectivity index (χ0n) is 21.4. The number of carbonyl (C=O) groups excluding carboxylic acids is 1. The van der Waals surface area contributed by atoms with E-state index in [1.807, 2.05) is 55.0 Å². The number of thiazole rings is 1. The molecular weight excluding hydrogens is 536 g/mol. The average molecular weight is 565 g/mol. The molecule has 4 aromatic heterocycles. The number of anilines is 1. The molecule has 0 saturated heterocycles. The molecule has 10 nitrogen and oxygen atoms in total. The zero-order chi connectivity index (χ0) is 27.8. The van der Waals surface area contributed by atoms with Crippen LogP contribution in [0.1, 0.15) is 23.8 Å². The van der Waals surface area contributed by atoms with Gasteiger partial charge < -0.3 is 5.32 Å². The van der Waals surface area contributed by atoms with Crippen molar-refractivity contribution in [1.82, 2.24) is 24.7 Å². The van der Waals surface area contributed by atoms with Crippen LogP contribution in [-0.2, 0) is 23.1 Å². The Hall–Kier alpha value is -4.13. The molecule has 4 heterocycles. The van der Waals surface area contributed by atoms with E-state index in [0.29, 0.717) is 17.9 Å². The molecule has 0 aliphatic heterocycles. The molecule has 1 aromatic carbocycles. The lowest BCUT2D eigenvalue weighted by molar-refractivity contribution is 0.251. The number of carbonyl (C=O) groups is 1. The maximum Gasteiger partial charge on any atom is 0.321 e. The van der Waals surface area contributed by atoms with Gasteiger partial charge in [-0.2, -0.15) is 8.42 Å². The first-order valence-corrected chi connectivity index (χ1v) is 14.7. The number of hydrogen-bond acceptors (Lipinski definition) is 7. The fourth-order valence-corrected chi connectivity index (χ4v) is 4.67. The number of nitrogens with one attached hydrogen (secondary N) is 2. The first kappa shape index (κ1) is 27.9. The molecule has 0 aliphatic rings. The quantitative estimate of drug-likeness (QED) is 0.228. The Labute approximate surface area is 230 Å². The van der Waals surface area contributed by atoms with Crippen molar-refractivity contribution < 1.29 is 17.8 Å². The molecule has 0 bridgehead atoms. The van der Waals surface area contributed by atoms with Crippen LogP contribution in [0.15, 0.2) is 79.5 Å². The lowest BCUT2D eigenvalue weighted by Gasteiger charge is -2.08. The predicted octanol–water partition coefficient (Wildman–Crippen LogP) is 5.30. The minimum absolute atomic E-state index is 0.256. The van der Waals surface area contributed by atoms with Gasteiger partial charge in [0.1, 0.15) is 5.65 Å². The third-order valence-electron chi connectivity index (χ3n) is 5.50. The van der Waals surface area contributed by atoms with Crippen molar-refractivity contribution in [3.05, 3.63) is 90.0 Å². The second-order valence-corrected chi connectivity index (χ2v) is 11.2. The number of fused-ring (bicyclic) bond motifs is 1. The number of nitrogens with zero attached hydrogens (tertiary/aromatic N) is 4.